The van der Waals surface area contributed by atoms with Gasteiger partial charge in [0.2, 0.25) is 0 Å². The van der Waals surface area contributed by atoms with Crippen molar-refractivity contribution in [3.8, 4) is 0 Å². The van der Waals surface area contributed by atoms with E-state index in [2.05, 4.69) is 9.97 Å². The third kappa shape index (κ3) is 2.24. The van der Waals surface area contributed by atoms with Gasteiger partial charge in [-0.1, -0.05) is 22.7 Å². The van der Waals surface area contributed by atoms with Gasteiger partial charge in [0.05, 0.1) is 16.9 Å². The van der Waals surface area contributed by atoms with Crippen molar-refractivity contribution < 1.29 is 9.28 Å². The second-order valence-corrected chi connectivity index (χ2v) is 4.82. The monoisotopic (exact) mass is 284 g/mol. The van der Waals surface area contributed by atoms with Gasteiger partial charge in [-0.05, 0) is 18.6 Å². The lowest BCUT2D eigenvalue weighted by atomic mass is 10.1. The van der Waals surface area contributed by atoms with Crippen LogP contribution in [0.3, 0.4) is 0 Å². The van der Waals surface area contributed by atoms with Crippen LogP contribution in [0.5, 0.6) is 0 Å². The van der Waals surface area contributed by atoms with Gasteiger partial charge >= 0.3 is 0 Å². The van der Waals surface area contributed by atoms with E-state index in [1.54, 1.807) is 36.7 Å². The Balaban J connectivity index is 2.21. The van der Waals surface area contributed by atoms with Crippen molar-refractivity contribution in [2.45, 2.75) is 13.3 Å². The molecular weight excluding hydrogens is 271 g/mol. The zero-order chi connectivity index (χ0) is 15.0. The summed E-state index contributed by atoms with van der Waals surface area (Å²) >= 11 is 0. The highest BCUT2D eigenvalue weighted by Gasteiger charge is 2.21. The number of aryl methyl sites for hydroxylation is 1. The number of hydrogen-bond donors (Lipinski definition) is 1. The Morgan fingerprint density at radius 2 is 2.10 bits per heavy atom. The van der Waals surface area contributed by atoms with E-state index in [4.69, 9.17) is 5.73 Å². The molecule has 3 rings (SSSR count). The fourth-order valence-corrected chi connectivity index (χ4v) is 2.47. The summed E-state index contributed by atoms with van der Waals surface area (Å²) in [5, 5.41) is 0.650. The largest absolute Gasteiger partial charge is 0.364 e. The van der Waals surface area contributed by atoms with Crippen LogP contribution in [-0.2, 0) is 6.42 Å². The van der Waals surface area contributed by atoms with Gasteiger partial charge in [0, 0.05) is 24.2 Å². The fourth-order valence-electron chi connectivity index (χ4n) is 2.47. The van der Waals surface area contributed by atoms with Crippen molar-refractivity contribution in [3.63, 3.8) is 0 Å². The van der Waals surface area contributed by atoms with Crippen LogP contribution in [0.15, 0.2) is 36.7 Å². The predicted molar refractivity (Wildman–Crippen MR) is 76.5 cm³/mol. The number of carbonyl (C=O) groups is 1. The minimum absolute atomic E-state index is 0.139. The molecule has 1 amide bonds. The van der Waals surface area contributed by atoms with Crippen molar-refractivity contribution in [1.29, 1.82) is 0 Å². The Bertz CT molecular complexity index is 841. The van der Waals surface area contributed by atoms with Crippen LogP contribution in [0.2, 0.25) is 0 Å². The standard InChI is InChI=1S/C15H13FN4O/c1-9-7-18-8-10(19-9)6-12-11-4-2-3-5-13(11)20(16)14(12)15(17)21/h2-5,7-8H,6H2,1H3,(H2,17,21). The van der Waals surface area contributed by atoms with E-state index in [1.807, 2.05) is 6.92 Å². The summed E-state index contributed by atoms with van der Waals surface area (Å²) in [4.78, 5) is 20.3. The van der Waals surface area contributed by atoms with Crippen molar-refractivity contribution >= 4 is 16.8 Å². The van der Waals surface area contributed by atoms with Crippen molar-refractivity contribution in [2.24, 2.45) is 5.73 Å². The number of amides is 1. The van der Waals surface area contributed by atoms with Gasteiger partial charge in [-0.15, -0.1) is 0 Å². The molecule has 3 aromatic rings. The van der Waals surface area contributed by atoms with Crippen LogP contribution in [0, 0.1) is 6.92 Å². The molecule has 2 aromatic heterocycles. The van der Waals surface area contributed by atoms with E-state index < -0.39 is 5.91 Å². The molecule has 2 heterocycles. The number of carbonyl (C=O) groups excluding carboxylic acids is 1. The topological polar surface area (TPSA) is 73.8 Å². The van der Waals surface area contributed by atoms with Crippen molar-refractivity contribution in [1.82, 2.24) is 14.8 Å². The summed E-state index contributed by atoms with van der Waals surface area (Å²) in [6.07, 6.45) is 3.53. The maximum absolute atomic E-state index is 14.3. The highest BCUT2D eigenvalue weighted by atomic mass is 19.2. The molecular formula is C15H13FN4O. The van der Waals surface area contributed by atoms with Gasteiger partial charge in [-0.3, -0.25) is 14.8 Å². The molecule has 0 radical (unpaired) electrons. The van der Waals surface area contributed by atoms with Crippen molar-refractivity contribution in [3.05, 3.63) is 59.3 Å². The molecule has 1 aromatic carbocycles. The van der Waals surface area contributed by atoms with E-state index >= 15 is 0 Å². The van der Waals surface area contributed by atoms with Gasteiger partial charge in [-0.25, -0.2) is 0 Å². The summed E-state index contributed by atoms with van der Waals surface area (Å²) < 4.78 is 14.3. The van der Waals surface area contributed by atoms with E-state index in [0.29, 0.717) is 33.4 Å². The molecule has 6 heteroatoms. The molecule has 0 bridgehead atoms. The normalized spacial score (nSPS) is 11.0. The number of fused-ring (bicyclic) bond motifs is 1. The molecule has 0 unspecified atom stereocenters. The van der Waals surface area contributed by atoms with E-state index in [1.165, 1.54) is 0 Å². The number of nitrogens with two attached hydrogens (primary N) is 1. The maximum atomic E-state index is 14.3. The van der Waals surface area contributed by atoms with Crippen LogP contribution in [0.1, 0.15) is 27.4 Å². The average Bonchev–Trinajstić information content (AvgIpc) is 2.73. The second kappa shape index (κ2) is 4.97. The zero-order valence-corrected chi connectivity index (χ0v) is 11.4. The summed E-state index contributed by atoms with van der Waals surface area (Å²) in [5.74, 6) is -0.802. The molecule has 21 heavy (non-hydrogen) atoms. The summed E-state index contributed by atoms with van der Waals surface area (Å²) in [5.41, 5.74) is 7.46. The van der Waals surface area contributed by atoms with Gasteiger partial charge in [0.25, 0.3) is 5.91 Å². The summed E-state index contributed by atoms with van der Waals surface area (Å²) in [7, 11) is 0. The Hall–Kier alpha value is -2.76. The van der Waals surface area contributed by atoms with Gasteiger partial charge in [0.15, 0.2) is 0 Å². The fraction of sp³-hybridized carbons (Fsp3) is 0.133. The first-order valence-corrected chi connectivity index (χ1v) is 6.43. The van der Waals surface area contributed by atoms with Crippen LogP contribution >= 0.6 is 0 Å². The van der Waals surface area contributed by atoms with Crippen molar-refractivity contribution in [2.75, 3.05) is 0 Å². The van der Waals surface area contributed by atoms with Crippen LogP contribution in [-0.4, -0.2) is 20.7 Å². The smallest absolute Gasteiger partial charge is 0.268 e. The molecule has 0 atom stereocenters. The van der Waals surface area contributed by atoms with Crippen LogP contribution < -0.4 is 5.73 Å². The number of hydrogen-bond acceptors (Lipinski definition) is 3. The number of nitrogens with zero attached hydrogens (tertiary/aromatic N) is 3. The zero-order valence-electron chi connectivity index (χ0n) is 11.4. The first-order chi connectivity index (χ1) is 10.1. The third-order valence-corrected chi connectivity index (χ3v) is 3.32. The second-order valence-electron chi connectivity index (χ2n) is 4.82. The first-order valence-electron chi connectivity index (χ1n) is 6.43. The third-order valence-electron chi connectivity index (χ3n) is 3.32. The molecule has 0 aliphatic carbocycles. The van der Waals surface area contributed by atoms with Gasteiger partial charge < -0.3 is 5.73 Å². The number of para-hydroxylation sites is 1. The number of aromatic nitrogens is 3. The maximum Gasteiger partial charge on any atom is 0.268 e. The molecule has 106 valence electrons. The Labute approximate surface area is 120 Å². The summed E-state index contributed by atoms with van der Waals surface area (Å²) in [6.45, 7) is 1.82. The molecule has 0 aliphatic rings. The number of primary amides is 1. The Morgan fingerprint density at radius 1 is 1.33 bits per heavy atom. The lowest BCUT2D eigenvalue weighted by Crippen LogP contribution is -2.16. The number of rotatable bonds is 3. The molecule has 0 aliphatic heterocycles. The highest BCUT2D eigenvalue weighted by Crippen LogP contribution is 2.27. The van der Waals surface area contributed by atoms with Gasteiger partial charge in [-0.2, -0.15) is 4.79 Å². The highest BCUT2D eigenvalue weighted by molar-refractivity contribution is 6.00. The first kappa shape index (κ1) is 13.2. The van der Waals surface area contributed by atoms with E-state index in [-0.39, 0.29) is 5.69 Å². The molecule has 0 saturated carbocycles. The SMILES string of the molecule is Cc1cncc(Cc2c(C(N)=O)n(F)c3ccccc23)n1. The lowest BCUT2D eigenvalue weighted by molar-refractivity contribution is 0.0981. The average molecular weight is 284 g/mol. The molecule has 0 spiro atoms. The molecule has 0 saturated heterocycles. The summed E-state index contributed by atoms with van der Waals surface area (Å²) in [6, 6.07) is 6.86. The molecule has 0 fully saturated rings. The Morgan fingerprint density at radius 3 is 2.81 bits per heavy atom. The van der Waals surface area contributed by atoms with Crippen LogP contribution in [0.4, 0.5) is 4.48 Å². The lowest BCUT2D eigenvalue weighted by Gasteiger charge is -2.03. The quantitative estimate of drug-likeness (QED) is 0.801. The van der Waals surface area contributed by atoms with E-state index in [9.17, 15) is 9.28 Å². The van der Waals surface area contributed by atoms with Crippen LogP contribution in [0.25, 0.3) is 10.9 Å². The minimum Gasteiger partial charge on any atom is -0.364 e. The number of benzene rings is 1. The molecule has 5 nitrogen and oxygen atoms in total. The Kier molecular flexibility index (Phi) is 3.13. The van der Waals surface area contributed by atoms with E-state index in [0.717, 1.165) is 5.69 Å². The molecule has 2 N–H and O–H groups in total. The predicted octanol–water partition coefficient (Wildman–Crippen LogP) is 2.16. The van der Waals surface area contributed by atoms with Gasteiger partial charge in [0.1, 0.15) is 5.69 Å². The minimum atomic E-state index is -0.802. The number of halogens is 1.